The Morgan fingerprint density at radius 1 is 1.40 bits per heavy atom. The zero-order valence-electron chi connectivity index (χ0n) is 12.6. The molecule has 1 atom stereocenters. The third-order valence-corrected chi connectivity index (χ3v) is 4.19. The summed E-state index contributed by atoms with van der Waals surface area (Å²) in [6.07, 6.45) is 0.748. The number of carbonyl (C=O) groups excluding carboxylic acids is 2. The number of amides is 2. The predicted octanol–water partition coefficient (Wildman–Crippen LogP) is 2.79. The van der Waals surface area contributed by atoms with Gasteiger partial charge in [0.25, 0.3) is 0 Å². The normalized spacial score (nSPS) is 19.1. The van der Waals surface area contributed by atoms with Gasteiger partial charge in [0.1, 0.15) is 6.04 Å². The van der Waals surface area contributed by atoms with Gasteiger partial charge in [-0.25, -0.2) is 0 Å². The molecule has 0 fully saturated rings. The second-order valence-electron chi connectivity index (χ2n) is 5.99. The van der Waals surface area contributed by atoms with Crippen LogP contribution < -0.4 is 5.32 Å². The van der Waals surface area contributed by atoms with Gasteiger partial charge in [-0.05, 0) is 25.0 Å². The molecule has 0 aliphatic carbocycles. The summed E-state index contributed by atoms with van der Waals surface area (Å²) < 4.78 is 0. The van der Waals surface area contributed by atoms with Crippen LogP contribution in [-0.2, 0) is 16.1 Å². The van der Waals surface area contributed by atoms with Crippen molar-refractivity contribution in [1.82, 2.24) is 4.90 Å². The van der Waals surface area contributed by atoms with Gasteiger partial charge in [0, 0.05) is 17.6 Å². The van der Waals surface area contributed by atoms with E-state index in [1.807, 2.05) is 45.0 Å². The molecule has 20 heavy (non-hydrogen) atoms. The van der Waals surface area contributed by atoms with Crippen LogP contribution in [-0.4, -0.2) is 22.8 Å². The van der Waals surface area contributed by atoms with Crippen molar-refractivity contribution in [2.75, 3.05) is 5.32 Å². The summed E-state index contributed by atoms with van der Waals surface area (Å²) in [4.78, 5) is 26.6. The van der Waals surface area contributed by atoms with Gasteiger partial charge in [0.15, 0.2) is 0 Å². The lowest BCUT2D eigenvalue weighted by Crippen LogP contribution is -2.48. The van der Waals surface area contributed by atoms with E-state index in [4.69, 9.17) is 0 Å². The minimum Gasteiger partial charge on any atom is -0.326 e. The highest BCUT2D eigenvalue weighted by atomic mass is 16.2. The lowest BCUT2D eigenvalue weighted by atomic mass is 9.88. The van der Waals surface area contributed by atoms with Crippen LogP contribution in [0, 0.1) is 5.41 Å². The van der Waals surface area contributed by atoms with E-state index in [0.29, 0.717) is 6.54 Å². The molecule has 4 heteroatoms. The molecular weight excluding hydrogens is 252 g/mol. The maximum absolute atomic E-state index is 12.7. The first-order valence-corrected chi connectivity index (χ1v) is 7.06. The smallest absolute Gasteiger partial charge is 0.246 e. The van der Waals surface area contributed by atoms with Crippen molar-refractivity contribution in [3.05, 3.63) is 29.8 Å². The van der Waals surface area contributed by atoms with E-state index in [-0.39, 0.29) is 11.8 Å². The molecule has 1 unspecified atom stereocenters. The summed E-state index contributed by atoms with van der Waals surface area (Å²) in [6, 6.07) is 7.18. The molecule has 1 heterocycles. The van der Waals surface area contributed by atoms with Crippen molar-refractivity contribution < 1.29 is 9.59 Å². The molecule has 0 radical (unpaired) electrons. The molecule has 1 aromatic rings. The van der Waals surface area contributed by atoms with Crippen molar-refractivity contribution in [2.24, 2.45) is 5.41 Å². The fourth-order valence-electron chi connectivity index (χ4n) is 2.27. The van der Waals surface area contributed by atoms with Gasteiger partial charge < -0.3 is 10.2 Å². The fraction of sp³-hybridized carbons (Fsp3) is 0.500. The fourth-order valence-corrected chi connectivity index (χ4v) is 2.27. The van der Waals surface area contributed by atoms with E-state index in [0.717, 1.165) is 17.7 Å². The number of para-hydroxylation sites is 1. The van der Waals surface area contributed by atoms with Crippen LogP contribution in [0.5, 0.6) is 0 Å². The first-order valence-electron chi connectivity index (χ1n) is 7.06. The number of nitrogens with one attached hydrogen (secondary N) is 1. The number of fused-ring (bicyclic) bond motifs is 1. The summed E-state index contributed by atoms with van der Waals surface area (Å²) in [7, 11) is 0. The van der Waals surface area contributed by atoms with E-state index in [9.17, 15) is 9.59 Å². The molecule has 0 aromatic heterocycles. The Kier molecular flexibility index (Phi) is 3.84. The van der Waals surface area contributed by atoms with Crippen molar-refractivity contribution in [3.8, 4) is 0 Å². The number of hydrogen-bond donors (Lipinski definition) is 1. The highest BCUT2D eigenvalue weighted by Crippen LogP contribution is 2.29. The number of hydrogen-bond acceptors (Lipinski definition) is 2. The summed E-state index contributed by atoms with van der Waals surface area (Å²) in [5, 5.41) is 2.89. The average molecular weight is 274 g/mol. The monoisotopic (exact) mass is 274 g/mol. The molecule has 0 spiro atoms. The Morgan fingerprint density at radius 3 is 2.70 bits per heavy atom. The van der Waals surface area contributed by atoms with E-state index in [1.54, 1.807) is 11.8 Å². The van der Waals surface area contributed by atoms with Crippen molar-refractivity contribution in [3.63, 3.8) is 0 Å². The Labute approximate surface area is 120 Å². The van der Waals surface area contributed by atoms with E-state index in [2.05, 4.69) is 5.32 Å². The molecule has 0 saturated heterocycles. The molecule has 1 aliphatic heterocycles. The minimum absolute atomic E-state index is 0.0272. The molecule has 1 aliphatic rings. The summed E-state index contributed by atoms with van der Waals surface area (Å²) in [6.45, 7) is 8.10. The van der Waals surface area contributed by atoms with Crippen LogP contribution >= 0.6 is 0 Å². The molecule has 108 valence electrons. The van der Waals surface area contributed by atoms with Gasteiger partial charge in [0.2, 0.25) is 11.8 Å². The molecule has 4 nitrogen and oxygen atoms in total. The second-order valence-corrected chi connectivity index (χ2v) is 5.99. The summed E-state index contributed by atoms with van der Waals surface area (Å²) in [5.74, 6) is -0.102. The maximum Gasteiger partial charge on any atom is 0.246 e. The van der Waals surface area contributed by atoms with E-state index >= 15 is 0 Å². The molecular formula is C16H22N2O2. The van der Waals surface area contributed by atoms with Crippen molar-refractivity contribution >= 4 is 17.5 Å². The van der Waals surface area contributed by atoms with E-state index < -0.39 is 11.5 Å². The third kappa shape index (κ3) is 2.55. The third-order valence-electron chi connectivity index (χ3n) is 4.19. The largest absolute Gasteiger partial charge is 0.326 e. The molecule has 0 bridgehead atoms. The van der Waals surface area contributed by atoms with Crippen molar-refractivity contribution in [2.45, 2.75) is 46.7 Å². The van der Waals surface area contributed by atoms with Gasteiger partial charge >= 0.3 is 0 Å². The Balaban J connectivity index is 2.38. The zero-order valence-corrected chi connectivity index (χ0v) is 12.6. The number of anilines is 1. The van der Waals surface area contributed by atoms with Crippen LogP contribution in [0.2, 0.25) is 0 Å². The Morgan fingerprint density at radius 2 is 2.05 bits per heavy atom. The first-order chi connectivity index (χ1) is 9.36. The standard InChI is InChI=1S/C16H22N2O2/c1-5-16(3,4)15(20)18-10-12-8-6-7-9-13(12)17-14(19)11(18)2/h6-9,11H,5,10H2,1-4H3,(H,17,19). The van der Waals surface area contributed by atoms with Crippen LogP contribution in [0.15, 0.2) is 24.3 Å². The van der Waals surface area contributed by atoms with Gasteiger partial charge in [-0.3, -0.25) is 9.59 Å². The Hall–Kier alpha value is -1.84. The molecule has 2 amide bonds. The SMILES string of the molecule is CCC(C)(C)C(=O)N1Cc2ccccc2NC(=O)C1C. The molecule has 1 N–H and O–H groups in total. The van der Waals surface area contributed by atoms with Gasteiger partial charge in [-0.2, -0.15) is 0 Å². The van der Waals surface area contributed by atoms with Gasteiger partial charge in [-0.15, -0.1) is 0 Å². The second kappa shape index (κ2) is 5.27. The number of carbonyl (C=O) groups is 2. The summed E-state index contributed by atoms with van der Waals surface area (Å²) >= 11 is 0. The maximum atomic E-state index is 12.7. The minimum atomic E-state index is -0.458. The topological polar surface area (TPSA) is 49.4 Å². The van der Waals surface area contributed by atoms with Crippen LogP contribution in [0.25, 0.3) is 0 Å². The zero-order chi connectivity index (χ0) is 14.9. The highest BCUT2D eigenvalue weighted by molar-refractivity contribution is 5.99. The van der Waals surface area contributed by atoms with E-state index in [1.165, 1.54) is 0 Å². The predicted molar refractivity (Wildman–Crippen MR) is 79.2 cm³/mol. The van der Waals surface area contributed by atoms with Gasteiger partial charge in [-0.1, -0.05) is 39.0 Å². The lowest BCUT2D eigenvalue weighted by molar-refractivity contribution is -0.146. The quantitative estimate of drug-likeness (QED) is 0.901. The van der Waals surface area contributed by atoms with Crippen LogP contribution in [0.3, 0.4) is 0 Å². The lowest BCUT2D eigenvalue weighted by Gasteiger charge is -2.33. The van der Waals surface area contributed by atoms with Gasteiger partial charge in [0.05, 0.1) is 0 Å². The Bertz CT molecular complexity index is 537. The first kappa shape index (κ1) is 14.6. The number of nitrogens with zero attached hydrogens (tertiary/aromatic N) is 1. The number of rotatable bonds is 2. The van der Waals surface area contributed by atoms with Crippen LogP contribution in [0.1, 0.15) is 39.7 Å². The van der Waals surface area contributed by atoms with Crippen LogP contribution in [0.4, 0.5) is 5.69 Å². The highest BCUT2D eigenvalue weighted by Gasteiger charge is 2.36. The summed E-state index contributed by atoms with van der Waals surface area (Å²) in [5.41, 5.74) is 1.33. The number of benzene rings is 1. The van der Waals surface area contributed by atoms with Crippen molar-refractivity contribution in [1.29, 1.82) is 0 Å². The average Bonchev–Trinajstić information content (AvgIpc) is 2.56. The molecule has 1 aromatic carbocycles. The molecule has 2 rings (SSSR count). The molecule has 0 saturated carbocycles.